The molecular weight excluding hydrogens is 184 g/mol. The van der Waals surface area contributed by atoms with Crippen LogP contribution in [0.4, 0.5) is 0 Å². The van der Waals surface area contributed by atoms with Gasteiger partial charge in [0, 0.05) is 5.56 Å². The molecule has 0 aliphatic carbocycles. The molecule has 14 heavy (non-hydrogen) atoms. The minimum absolute atomic E-state index is 0.116. The maximum absolute atomic E-state index is 10.7. The van der Waals surface area contributed by atoms with Crippen molar-refractivity contribution in [2.45, 2.75) is 32.0 Å². The molecule has 76 valence electrons. The number of carboxylic acid groups (broad SMARTS) is 1. The van der Waals surface area contributed by atoms with Crippen molar-refractivity contribution < 1.29 is 19.1 Å². The average molecular weight is 196 g/mol. The van der Waals surface area contributed by atoms with Gasteiger partial charge in [0.15, 0.2) is 6.10 Å². The zero-order valence-electron chi connectivity index (χ0n) is 7.90. The maximum Gasteiger partial charge on any atom is 0.332 e. The van der Waals surface area contributed by atoms with E-state index in [1.807, 2.05) is 13.0 Å². The second-order valence-electron chi connectivity index (χ2n) is 3.46. The first-order valence-corrected chi connectivity index (χ1v) is 4.60. The summed E-state index contributed by atoms with van der Waals surface area (Å²) >= 11 is 0. The minimum atomic E-state index is -0.881. The summed E-state index contributed by atoms with van der Waals surface area (Å²) in [5, 5.41) is 8.75. The number of furan rings is 1. The molecule has 4 heteroatoms. The van der Waals surface area contributed by atoms with Gasteiger partial charge in [0.2, 0.25) is 0 Å². The van der Waals surface area contributed by atoms with Crippen LogP contribution in [-0.2, 0) is 9.53 Å². The van der Waals surface area contributed by atoms with Crippen molar-refractivity contribution >= 4 is 5.97 Å². The van der Waals surface area contributed by atoms with Crippen molar-refractivity contribution in [2.75, 3.05) is 0 Å². The van der Waals surface area contributed by atoms with Crippen molar-refractivity contribution in [2.24, 2.45) is 0 Å². The topological polar surface area (TPSA) is 59.7 Å². The summed E-state index contributed by atoms with van der Waals surface area (Å²) in [6.07, 6.45) is 2.15. The first kappa shape index (κ1) is 9.27. The predicted octanol–water partition coefficient (Wildman–Crippen LogP) is 1.89. The highest BCUT2D eigenvalue weighted by atomic mass is 16.5. The number of hydrogen-bond acceptors (Lipinski definition) is 3. The Hall–Kier alpha value is -1.29. The highest BCUT2D eigenvalue weighted by Gasteiger charge is 2.32. The highest BCUT2D eigenvalue weighted by molar-refractivity contribution is 5.72. The van der Waals surface area contributed by atoms with E-state index in [0.29, 0.717) is 6.42 Å². The van der Waals surface area contributed by atoms with E-state index in [0.717, 1.165) is 17.7 Å². The average Bonchev–Trinajstić information content (AvgIpc) is 2.71. The Morgan fingerprint density at radius 1 is 1.57 bits per heavy atom. The normalized spacial score (nSPS) is 26.6. The number of aliphatic carboxylic acids is 1. The number of hydrogen-bond donors (Lipinski definition) is 1. The molecule has 0 aromatic carbocycles. The standard InChI is InChI=1S/C10H12O4/c1-6-7(4-5-13-6)8-2-3-9(14-8)10(11)12/h4-5,8-9H,2-3H2,1H3,(H,11,12). The Morgan fingerprint density at radius 3 is 2.86 bits per heavy atom. The van der Waals surface area contributed by atoms with E-state index in [1.54, 1.807) is 6.26 Å². The molecule has 2 atom stereocenters. The van der Waals surface area contributed by atoms with E-state index in [4.69, 9.17) is 14.3 Å². The lowest BCUT2D eigenvalue weighted by Gasteiger charge is -2.09. The van der Waals surface area contributed by atoms with E-state index >= 15 is 0 Å². The molecule has 0 bridgehead atoms. The molecule has 2 unspecified atom stereocenters. The molecule has 1 aliphatic heterocycles. The van der Waals surface area contributed by atoms with Crippen LogP contribution in [0.1, 0.15) is 30.3 Å². The highest BCUT2D eigenvalue weighted by Crippen LogP contribution is 2.34. The predicted molar refractivity (Wildman–Crippen MR) is 47.9 cm³/mol. The Bertz CT molecular complexity index is 342. The van der Waals surface area contributed by atoms with Crippen LogP contribution in [0.3, 0.4) is 0 Å². The maximum atomic E-state index is 10.7. The largest absolute Gasteiger partial charge is 0.479 e. The Morgan fingerprint density at radius 2 is 2.36 bits per heavy atom. The molecule has 2 heterocycles. The molecule has 0 amide bonds. The molecule has 1 saturated heterocycles. The minimum Gasteiger partial charge on any atom is -0.479 e. The van der Waals surface area contributed by atoms with Gasteiger partial charge in [-0.1, -0.05) is 0 Å². The summed E-state index contributed by atoms with van der Waals surface area (Å²) in [5.74, 6) is -0.0744. The van der Waals surface area contributed by atoms with Gasteiger partial charge in [0.05, 0.1) is 12.4 Å². The molecule has 1 aliphatic rings. The van der Waals surface area contributed by atoms with Gasteiger partial charge < -0.3 is 14.3 Å². The fourth-order valence-electron chi connectivity index (χ4n) is 1.78. The summed E-state index contributed by atoms with van der Waals surface area (Å²) in [7, 11) is 0. The van der Waals surface area contributed by atoms with Crippen molar-refractivity contribution in [3.63, 3.8) is 0 Å². The van der Waals surface area contributed by atoms with Crippen LogP contribution in [0.15, 0.2) is 16.7 Å². The smallest absolute Gasteiger partial charge is 0.332 e. The van der Waals surface area contributed by atoms with Gasteiger partial charge in [0.1, 0.15) is 5.76 Å². The number of ether oxygens (including phenoxy) is 1. The van der Waals surface area contributed by atoms with Crippen LogP contribution in [0.25, 0.3) is 0 Å². The summed E-state index contributed by atoms with van der Waals surface area (Å²) in [4.78, 5) is 10.7. The number of carbonyl (C=O) groups is 1. The second-order valence-corrected chi connectivity index (χ2v) is 3.46. The van der Waals surface area contributed by atoms with Gasteiger partial charge in [-0.3, -0.25) is 0 Å². The SMILES string of the molecule is Cc1occc1C1CCC(C(=O)O)O1. The van der Waals surface area contributed by atoms with Crippen LogP contribution >= 0.6 is 0 Å². The molecule has 2 rings (SSSR count). The fourth-order valence-corrected chi connectivity index (χ4v) is 1.78. The van der Waals surface area contributed by atoms with Gasteiger partial charge in [0.25, 0.3) is 0 Å². The van der Waals surface area contributed by atoms with Crippen molar-refractivity contribution in [1.82, 2.24) is 0 Å². The molecule has 0 saturated carbocycles. The lowest BCUT2D eigenvalue weighted by atomic mass is 10.1. The van der Waals surface area contributed by atoms with Crippen molar-refractivity contribution in [3.05, 3.63) is 23.7 Å². The summed E-state index contributed by atoms with van der Waals surface area (Å²) < 4.78 is 10.5. The van der Waals surface area contributed by atoms with Crippen LogP contribution in [0, 0.1) is 6.92 Å². The first-order valence-electron chi connectivity index (χ1n) is 4.60. The van der Waals surface area contributed by atoms with E-state index in [9.17, 15) is 4.79 Å². The van der Waals surface area contributed by atoms with E-state index in [1.165, 1.54) is 0 Å². The van der Waals surface area contributed by atoms with Gasteiger partial charge in [-0.25, -0.2) is 4.79 Å². The van der Waals surface area contributed by atoms with Crippen molar-refractivity contribution in [1.29, 1.82) is 0 Å². The third kappa shape index (κ3) is 1.53. The third-order valence-electron chi connectivity index (χ3n) is 2.54. The summed E-state index contributed by atoms with van der Waals surface area (Å²) in [6.45, 7) is 1.85. The Labute approximate surface area is 81.5 Å². The molecule has 1 aromatic rings. The van der Waals surface area contributed by atoms with Gasteiger partial charge in [-0.15, -0.1) is 0 Å². The van der Waals surface area contributed by atoms with Crippen LogP contribution < -0.4 is 0 Å². The molecule has 0 radical (unpaired) electrons. The number of aryl methyl sites for hydroxylation is 1. The zero-order chi connectivity index (χ0) is 10.1. The zero-order valence-corrected chi connectivity index (χ0v) is 7.90. The van der Waals surface area contributed by atoms with Crippen molar-refractivity contribution in [3.8, 4) is 0 Å². The molecule has 1 fully saturated rings. The van der Waals surface area contributed by atoms with E-state index in [2.05, 4.69) is 0 Å². The van der Waals surface area contributed by atoms with Gasteiger partial charge in [-0.2, -0.15) is 0 Å². The lowest BCUT2D eigenvalue weighted by Crippen LogP contribution is -2.18. The Kier molecular flexibility index (Phi) is 2.29. The Balaban J connectivity index is 2.10. The lowest BCUT2D eigenvalue weighted by molar-refractivity contribution is -0.149. The van der Waals surface area contributed by atoms with Gasteiger partial charge >= 0.3 is 5.97 Å². The monoisotopic (exact) mass is 196 g/mol. The number of carboxylic acids is 1. The quantitative estimate of drug-likeness (QED) is 0.784. The number of rotatable bonds is 2. The second kappa shape index (κ2) is 3.46. The third-order valence-corrected chi connectivity index (χ3v) is 2.54. The van der Waals surface area contributed by atoms with Crippen LogP contribution in [-0.4, -0.2) is 17.2 Å². The van der Waals surface area contributed by atoms with E-state index < -0.39 is 12.1 Å². The fraction of sp³-hybridized carbons (Fsp3) is 0.500. The van der Waals surface area contributed by atoms with Gasteiger partial charge in [-0.05, 0) is 25.8 Å². The molecule has 1 N–H and O–H groups in total. The van der Waals surface area contributed by atoms with Crippen LogP contribution in [0.5, 0.6) is 0 Å². The summed E-state index contributed by atoms with van der Waals surface area (Å²) in [5.41, 5.74) is 0.966. The summed E-state index contributed by atoms with van der Waals surface area (Å²) in [6, 6.07) is 1.84. The first-order chi connectivity index (χ1) is 6.68. The van der Waals surface area contributed by atoms with Crippen LogP contribution in [0.2, 0.25) is 0 Å². The molecule has 0 spiro atoms. The molecular formula is C10H12O4. The van der Waals surface area contributed by atoms with E-state index in [-0.39, 0.29) is 6.10 Å². The molecule has 1 aromatic heterocycles. The molecule has 4 nitrogen and oxygen atoms in total.